The van der Waals surface area contributed by atoms with Crippen LogP contribution in [0.4, 0.5) is 0 Å². The SMILES string of the molecule is CCCCCCC(C)([B]C(=O)Cc1cccbc1CC(C)(C)CCCC)CCCCCC. The number of carbonyl (C=O) groups excluding carboxylic acids is 1. The molecular weight excluding hydrogens is 386 g/mol. The first-order valence-corrected chi connectivity index (χ1v) is 13.7. The molecule has 1 heterocycles. The van der Waals surface area contributed by atoms with Crippen molar-refractivity contribution in [3.8, 4) is 0 Å². The minimum absolute atomic E-state index is 0.0495. The van der Waals surface area contributed by atoms with E-state index in [0.717, 1.165) is 19.3 Å². The van der Waals surface area contributed by atoms with E-state index in [9.17, 15) is 4.79 Å². The van der Waals surface area contributed by atoms with Crippen molar-refractivity contribution in [2.45, 2.75) is 143 Å². The van der Waals surface area contributed by atoms with Gasteiger partial charge in [-0.05, 0) is 0 Å². The average molecular weight is 437 g/mol. The molecule has 179 valence electrons. The third kappa shape index (κ3) is 12.4. The summed E-state index contributed by atoms with van der Waals surface area (Å²) >= 11 is 0. The molecular formula is C29H51B2O. The molecule has 1 radical (unpaired) electrons. The normalized spacial score (nSPS) is 12.1. The van der Waals surface area contributed by atoms with Crippen molar-refractivity contribution in [1.82, 2.24) is 0 Å². The van der Waals surface area contributed by atoms with E-state index in [0.29, 0.717) is 12.1 Å². The van der Waals surface area contributed by atoms with Gasteiger partial charge in [0.15, 0.2) is 0 Å². The third-order valence-corrected chi connectivity index (χ3v) is 7.07. The van der Waals surface area contributed by atoms with Crippen molar-refractivity contribution in [2.24, 2.45) is 5.41 Å². The molecule has 0 spiro atoms. The van der Waals surface area contributed by atoms with Crippen molar-refractivity contribution < 1.29 is 4.79 Å². The van der Waals surface area contributed by atoms with E-state index >= 15 is 0 Å². The summed E-state index contributed by atoms with van der Waals surface area (Å²) in [6.07, 6.45) is 17.9. The summed E-state index contributed by atoms with van der Waals surface area (Å²) in [6, 6.07) is 4.27. The predicted molar refractivity (Wildman–Crippen MR) is 145 cm³/mol. The van der Waals surface area contributed by atoms with E-state index in [1.165, 1.54) is 81.7 Å². The van der Waals surface area contributed by atoms with Crippen LogP contribution in [0.1, 0.15) is 136 Å². The molecule has 0 atom stereocenters. The van der Waals surface area contributed by atoms with Crippen LogP contribution >= 0.6 is 0 Å². The summed E-state index contributed by atoms with van der Waals surface area (Å²) in [6.45, 7) is 16.1. The van der Waals surface area contributed by atoms with Gasteiger partial charge in [0.2, 0.25) is 0 Å². The molecule has 1 rings (SSSR count). The quantitative estimate of drug-likeness (QED) is 0.156. The summed E-state index contributed by atoms with van der Waals surface area (Å²) in [5.74, 6) is 2.13. The summed E-state index contributed by atoms with van der Waals surface area (Å²) < 4.78 is 0. The molecule has 0 unspecified atom stereocenters. The Balaban J connectivity index is 2.79. The van der Waals surface area contributed by atoms with Crippen LogP contribution < -0.4 is 0 Å². The summed E-state index contributed by atoms with van der Waals surface area (Å²) in [4.78, 5) is 13.2. The van der Waals surface area contributed by atoms with Gasteiger partial charge in [0, 0.05) is 0 Å². The molecule has 32 heavy (non-hydrogen) atoms. The second-order valence-corrected chi connectivity index (χ2v) is 11.3. The van der Waals surface area contributed by atoms with E-state index in [4.69, 9.17) is 0 Å². The van der Waals surface area contributed by atoms with Gasteiger partial charge in [-0.25, -0.2) is 0 Å². The van der Waals surface area contributed by atoms with Crippen LogP contribution in [0.25, 0.3) is 0 Å². The van der Waals surface area contributed by atoms with Crippen LogP contribution in [0.2, 0.25) is 5.31 Å². The van der Waals surface area contributed by atoms with Crippen molar-refractivity contribution in [3.63, 3.8) is 0 Å². The fraction of sp³-hybridized carbons (Fsp3) is 0.793. The first-order valence-electron chi connectivity index (χ1n) is 13.7. The number of rotatable bonds is 19. The second-order valence-electron chi connectivity index (χ2n) is 11.3. The fourth-order valence-electron chi connectivity index (χ4n) is 4.97. The predicted octanol–water partition coefficient (Wildman–Crippen LogP) is 8.68. The molecule has 1 aromatic heterocycles. The van der Waals surface area contributed by atoms with Crippen molar-refractivity contribution in [3.05, 3.63) is 29.1 Å². The van der Waals surface area contributed by atoms with E-state index in [2.05, 4.69) is 73.8 Å². The Labute approximate surface area is 202 Å². The van der Waals surface area contributed by atoms with Gasteiger partial charge < -0.3 is 0 Å². The fourth-order valence-corrected chi connectivity index (χ4v) is 4.97. The van der Waals surface area contributed by atoms with Crippen LogP contribution in [-0.4, -0.2) is 19.9 Å². The van der Waals surface area contributed by atoms with E-state index in [-0.39, 0.29) is 10.7 Å². The molecule has 0 fully saturated rings. The van der Waals surface area contributed by atoms with Gasteiger partial charge in [0.05, 0.1) is 0 Å². The second kappa shape index (κ2) is 15.9. The van der Waals surface area contributed by atoms with Crippen LogP contribution in [-0.2, 0) is 17.6 Å². The molecule has 0 N–H and O–H groups in total. The van der Waals surface area contributed by atoms with Gasteiger partial charge in [-0.15, -0.1) is 0 Å². The molecule has 3 heteroatoms. The molecule has 0 amide bonds. The first-order chi connectivity index (χ1) is 15.2. The van der Waals surface area contributed by atoms with E-state index < -0.39 is 0 Å². The Morgan fingerprint density at radius 1 is 0.844 bits per heavy atom. The third-order valence-electron chi connectivity index (χ3n) is 7.07. The monoisotopic (exact) mass is 437 g/mol. The Morgan fingerprint density at radius 3 is 2.00 bits per heavy atom. The molecule has 1 aromatic rings. The van der Waals surface area contributed by atoms with E-state index in [1.807, 2.05) is 0 Å². The zero-order chi connectivity index (χ0) is 23.9. The van der Waals surface area contributed by atoms with Crippen LogP contribution in [0, 0.1) is 5.41 Å². The molecule has 0 aliphatic rings. The number of carbonyl (C=O) groups is 1. The van der Waals surface area contributed by atoms with Crippen molar-refractivity contribution in [1.29, 1.82) is 0 Å². The molecule has 1 nitrogen and oxygen atoms in total. The topological polar surface area (TPSA) is 17.1 Å². The van der Waals surface area contributed by atoms with Crippen LogP contribution in [0.15, 0.2) is 18.1 Å². The van der Waals surface area contributed by atoms with Gasteiger partial charge in [0.25, 0.3) is 0 Å². The summed E-state index contributed by atoms with van der Waals surface area (Å²) in [5, 5.41) is 0.0495. The van der Waals surface area contributed by atoms with Gasteiger partial charge in [-0.2, -0.15) is 0 Å². The van der Waals surface area contributed by atoms with Gasteiger partial charge in [-0.3, -0.25) is 0 Å². The van der Waals surface area contributed by atoms with Gasteiger partial charge >= 0.3 is 202 Å². The minimum atomic E-state index is 0.0495. The molecule has 0 bridgehead atoms. The standard InChI is InChI=1S/C29H51B2O/c1-7-10-13-15-20-29(6,21-16-14-11-8-2)31-27(32)23-25-18-17-22-30-26(25)24-28(4,5)19-12-9-3/h17-18,22H,7-16,19-21,23-24H2,1-6H3. The number of hydrogen-bond donors (Lipinski definition) is 0. The van der Waals surface area contributed by atoms with E-state index in [1.54, 1.807) is 0 Å². The molecule has 0 saturated heterocycles. The maximum atomic E-state index is 13.2. The average Bonchev–Trinajstić information content (AvgIpc) is 2.74. The Bertz CT molecular complexity index is 626. The molecule has 0 aliphatic carbocycles. The Kier molecular flexibility index (Phi) is 14.5. The molecule has 0 aromatic carbocycles. The van der Waals surface area contributed by atoms with Crippen LogP contribution in [0.3, 0.4) is 0 Å². The van der Waals surface area contributed by atoms with Gasteiger partial charge in [-0.1, -0.05) is 0 Å². The zero-order valence-corrected chi connectivity index (χ0v) is 22.4. The Morgan fingerprint density at radius 2 is 1.44 bits per heavy atom. The molecule has 0 aliphatic heterocycles. The number of unbranched alkanes of at least 4 members (excludes halogenated alkanes) is 7. The van der Waals surface area contributed by atoms with Gasteiger partial charge in [0.1, 0.15) is 0 Å². The van der Waals surface area contributed by atoms with Crippen LogP contribution in [0.5, 0.6) is 0 Å². The summed E-state index contributed by atoms with van der Waals surface area (Å²) in [7, 11) is 2.11. The Hall–Kier alpha value is -0.850. The summed E-state index contributed by atoms with van der Waals surface area (Å²) in [5.41, 5.74) is 3.20. The first kappa shape index (κ1) is 29.2. The van der Waals surface area contributed by atoms with Crippen molar-refractivity contribution >= 4 is 19.9 Å². The van der Waals surface area contributed by atoms with Crippen molar-refractivity contribution in [2.75, 3.05) is 0 Å². The molecule has 0 saturated carbocycles. The maximum absolute atomic E-state index is 13.2. The number of hydrogen-bond acceptors (Lipinski definition) is 1. The zero-order valence-electron chi connectivity index (χ0n) is 22.4.